The van der Waals surface area contributed by atoms with E-state index in [4.69, 9.17) is 0 Å². The molecule has 1 saturated heterocycles. The fraction of sp³-hybridized carbons (Fsp3) is 0.667. The second-order valence-electron chi connectivity index (χ2n) is 5.99. The van der Waals surface area contributed by atoms with Gasteiger partial charge in [-0.2, -0.15) is 0 Å². The van der Waals surface area contributed by atoms with Gasteiger partial charge in [0.25, 0.3) is 5.91 Å². The number of carbonyl (C=O) groups excluding carboxylic acids is 1. The van der Waals surface area contributed by atoms with Gasteiger partial charge in [0.1, 0.15) is 0 Å². The van der Waals surface area contributed by atoms with Gasteiger partial charge in [0, 0.05) is 18.5 Å². The number of likely N-dealkylation sites (tertiary alicyclic amines) is 1. The van der Waals surface area contributed by atoms with Gasteiger partial charge in [-0.05, 0) is 59.8 Å². The average molecular weight is 389 g/mol. The minimum atomic E-state index is 0.241. The van der Waals surface area contributed by atoms with Crippen molar-refractivity contribution in [1.82, 2.24) is 4.90 Å². The highest BCUT2D eigenvalue weighted by molar-refractivity contribution is 14.1. The van der Waals surface area contributed by atoms with E-state index in [1.165, 1.54) is 47.8 Å². The lowest BCUT2D eigenvalue weighted by Crippen LogP contribution is -2.43. The van der Waals surface area contributed by atoms with Gasteiger partial charge < -0.3 is 4.90 Å². The smallest absolute Gasteiger partial charge is 0.254 e. The summed E-state index contributed by atoms with van der Waals surface area (Å²) in [4.78, 5) is 14.5. The zero-order valence-electron chi connectivity index (χ0n) is 11.2. The Morgan fingerprint density at radius 2 is 1.84 bits per heavy atom. The molecule has 1 aliphatic carbocycles. The van der Waals surface area contributed by atoms with Crippen LogP contribution in [0.3, 0.4) is 0 Å². The van der Waals surface area contributed by atoms with E-state index in [9.17, 15) is 4.79 Å². The van der Waals surface area contributed by atoms with E-state index < -0.39 is 0 Å². The number of thiophene rings is 1. The first-order chi connectivity index (χ1) is 9.19. The number of rotatable bonds is 1. The lowest BCUT2D eigenvalue weighted by Gasteiger charge is -2.44. The molecule has 1 spiro atoms. The minimum Gasteiger partial charge on any atom is -0.339 e. The van der Waals surface area contributed by atoms with Crippen LogP contribution in [0.2, 0.25) is 0 Å². The highest BCUT2D eigenvalue weighted by Gasteiger charge is 2.36. The van der Waals surface area contributed by atoms with Gasteiger partial charge in [0.15, 0.2) is 0 Å². The van der Waals surface area contributed by atoms with Crippen LogP contribution in [0, 0.1) is 8.30 Å². The summed E-state index contributed by atoms with van der Waals surface area (Å²) in [5.74, 6) is 0.241. The normalized spacial score (nSPS) is 22.7. The fourth-order valence-corrected chi connectivity index (χ4v) is 4.91. The van der Waals surface area contributed by atoms with Crippen molar-refractivity contribution in [2.24, 2.45) is 5.41 Å². The van der Waals surface area contributed by atoms with Crippen molar-refractivity contribution < 1.29 is 4.79 Å². The van der Waals surface area contributed by atoms with Crippen molar-refractivity contribution in [3.63, 3.8) is 0 Å². The minimum absolute atomic E-state index is 0.241. The molecule has 1 aromatic rings. The van der Waals surface area contributed by atoms with Crippen LogP contribution in [0.25, 0.3) is 0 Å². The zero-order chi connectivity index (χ0) is 13.3. The lowest BCUT2D eigenvalue weighted by molar-refractivity contribution is 0.0472. The molecule has 0 N–H and O–H groups in total. The van der Waals surface area contributed by atoms with Crippen LogP contribution in [0.4, 0.5) is 0 Å². The number of hydrogen-bond acceptors (Lipinski definition) is 2. The molecule has 1 saturated carbocycles. The van der Waals surface area contributed by atoms with Gasteiger partial charge in [-0.15, -0.1) is 11.3 Å². The number of halogens is 1. The largest absolute Gasteiger partial charge is 0.339 e. The number of amides is 1. The van der Waals surface area contributed by atoms with Gasteiger partial charge in [-0.25, -0.2) is 0 Å². The van der Waals surface area contributed by atoms with E-state index in [1.54, 1.807) is 11.3 Å². The van der Waals surface area contributed by atoms with Crippen molar-refractivity contribution in [1.29, 1.82) is 0 Å². The van der Waals surface area contributed by atoms with E-state index in [0.29, 0.717) is 5.41 Å². The SMILES string of the molecule is O=C(c1csc(I)c1)N1CCC2(CCCCC2)CC1. The maximum atomic E-state index is 12.4. The van der Waals surface area contributed by atoms with Crippen LogP contribution in [0.5, 0.6) is 0 Å². The third-order valence-corrected chi connectivity index (χ3v) is 6.63. The summed E-state index contributed by atoms with van der Waals surface area (Å²) in [6.07, 6.45) is 9.45. The summed E-state index contributed by atoms with van der Waals surface area (Å²) in [5, 5.41) is 2.00. The molecular formula is C15H20INOS. The van der Waals surface area contributed by atoms with Gasteiger partial charge in [0.05, 0.1) is 8.45 Å². The van der Waals surface area contributed by atoms with Crippen LogP contribution in [0.1, 0.15) is 55.3 Å². The first-order valence-electron chi connectivity index (χ1n) is 7.22. The molecular weight excluding hydrogens is 369 g/mol. The number of nitrogens with zero attached hydrogens (tertiary/aromatic N) is 1. The molecule has 1 aliphatic heterocycles. The van der Waals surface area contributed by atoms with E-state index in [2.05, 4.69) is 27.5 Å². The van der Waals surface area contributed by atoms with Crippen molar-refractivity contribution in [3.8, 4) is 0 Å². The molecule has 19 heavy (non-hydrogen) atoms. The van der Waals surface area contributed by atoms with E-state index in [1.807, 2.05) is 11.4 Å². The summed E-state index contributed by atoms with van der Waals surface area (Å²) in [7, 11) is 0. The molecule has 0 unspecified atom stereocenters. The highest BCUT2D eigenvalue weighted by Crippen LogP contribution is 2.44. The standard InChI is InChI=1S/C15H20INOS/c16-13-10-12(11-19-13)14(18)17-8-6-15(7-9-17)4-2-1-3-5-15/h10-11H,1-9H2. The number of hydrogen-bond donors (Lipinski definition) is 0. The molecule has 2 fully saturated rings. The van der Waals surface area contributed by atoms with Crippen LogP contribution in [0.15, 0.2) is 11.4 Å². The molecule has 2 aliphatic rings. The van der Waals surface area contributed by atoms with Crippen LogP contribution in [-0.4, -0.2) is 23.9 Å². The number of piperidine rings is 1. The summed E-state index contributed by atoms with van der Waals surface area (Å²) in [6.45, 7) is 1.93. The van der Waals surface area contributed by atoms with Gasteiger partial charge in [-0.3, -0.25) is 4.79 Å². The first-order valence-corrected chi connectivity index (χ1v) is 9.18. The van der Waals surface area contributed by atoms with Crippen molar-refractivity contribution >= 4 is 39.8 Å². The van der Waals surface area contributed by atoms with Crippen molar-refractivity contribution in [2.75, 3.05) is 13.1 Å². The fourth-order valence-electron chi connectivity index (χ4n) is 3.59. The summed E-state index contributed by atoms with van der Waals surface area (Å²) >= 11 is 3.94. The summed E-state index contributed by atoms with van der Waals surface area (Å²) < 4.78 is 1.20. The van der Waals surface area contributed by atoms with E-state index >= 15 is 0 Å². The van der Waals surface area contributed by atoms with Gasteiger partial charge in [0.2, 0.25) is 0 Å². The molecule has 2 nitrogen and oxygen atoms in total. The lowest BCUT2D eigenvalue weighted by atomic mass is 9.68. The maximum absolute atomic E-state index is 12.4. The zero-order valence-corrected chi connectivity index (χ0v) is 14.1. The first kappa shape index (κ1) is 13.9. The van der Waals surface area contributed by atoms with E-state index in [0.717, 1.165) is 18.7 Å². The van der Waals surface area contributed by atoms with Crippen molar-refractivity contribution in [3.05, 3.63) is 19.9 Å². The predicted octanol–water partition coefficient (Wildman–Crippen LogP) is 4.54. The molecule has 2 heterocycles. The Bertz CT molecular complexity index is 454. The number of carbonyl (C=O) groups is 1. The van der Waals surface area contributed by atoms with Crippen molar-refractivity contribution in [2.45, 2.75) is 44.9 Å². The monoisotopic (exact) mass is 389 g/mol. The Balaban J connectivity index is 1.62. The van der Waals surface area contributed by atoms with Gasteiger partial charge in [-0.1, -0.05) is 19.3 Å². The predicted molar refractivity (Wildman–Crippen MR) is 87.7 cm³/mol. The Kier molecular flexibility index (Phi) is 4.17. The summed E-state index contributed by atoms with van der Waals surface area (Å²) in [5.41, 5.74) is 1.46. The molecule has 0 atom stereocenters. The Labute approximate surface area is 132 Å². The third-order valence-electron chi connectivity index (χ3n) is 4.84. The Morgan fingerprint density at radius 1 is 1.16 bits per heavy atom. The molecule has 1 aromatic heterocycles. The second-order valence-corrected chi connectivity index (χ2v) is 8.80. The Morgan fingerprint density at radius 3 is 2.42 bits per heavy atom. The molecule has 0 aromatic carbocycles. The average Bonchev–Trinajstić information content (AvgIpc) is 2.87. The topological polar surface area (TPSA) is 20.3 Å². The van der Waals surface area contributed by atoms with E-state index in [-0.39, 0.29) is 5.91 Å². The molecule has 0 radical (unpaired) electrons. The molecule has 3 rings (SSSR count). The quantitative estimate of drug-likeness (QED) is 0.646. The molecule has 0 bridgehead atoms. The molecule has 104 valence electrons. The Hall–Kier alpha value is -0.100. The highest BCUT2D eigenvalue weighted by atomic mass is 127. The van der Waals surface area contributed by atoms with Crippen LogP contribution >= 0.6 is 33.9 Å². The summed E-state index contributed by atoms with van der Waals surface area (Å²) in [6, 6.07) is 2.01. The van der Waals surface area contributed by atoms with Crippen LogP contribution in [-0.2, 0) is 0 Å². The third kappa shape index (κ3) is 2.99. The van der Waals surface area contributed by atoms with Crippen LogP contribution < -0.4 is 0 Å². The maximum Gasteiger partial charge on any atom is 0.254 e. The molecule has 1 amide bonds. The second kappa shape index (κ2) is 5.72. The van der Waals surface area contributed by atoms with Gasteiger partial charge >= 0.3 is 0 Å². The molecule has 4 heteroatoms.